The topological polar surface area (TPSA) is 62.3 Å². The first-order valence-corrected chi connectivity index (χ1v) is 6.70. The summed E-state index contributed by atoms with van der Waals surface area (Å²) < 4.78 is 5.16. The molecular weight excluding hydrogens is 238 g/mol. The van der Waals surface area contributed by atoms with Crippen molar-refractivity contribution in [1.82, 2.24) is 4.90 Å². The van der Waals surface area contributed by atoms with E-state index in [1.165, 1.54) is 0 Å². The predicted octanol–water partition coefficient (Wildman–Crippen LogP) is 1.88. The maximum Gasteiger partial charge on any atom is 0.136 e. The van der Waals surface area contributed by atoms with Gasteiger partial charge in [-0.1, -0.05) is 6.07 Å². The van der Waals surface area contributed by atoms with Crippen LogP contribution in [0, 0.1) is 11.3 Å². The van der Waals surface area contributed by atoms with E-state index in [2.05, 4.69) is 17.9 Å². The molecule has 1 aliphatic heterocycles. The Morgan fingerprint density at radius 3 is 2.95 bits per heavy atom. The number of nitrogens with two attached hydrogens (primary N) is 1. The summed E-state index contributed by atoms with van der Waals surface area (Å²) in [4.78, 5) is 2.42. The van der Waals surface area contributed by atoms with E-state index < -0.39 is 0 Å². The normalized spacial score (nSPS) is 23.9. The molecule has 0 radical (unpaired) electrons. The third kappa shape index (κ3) is 3.25. The lowest BCUT2D eigenvalue weighted by atomic mass is 9.98. The predicted molar refractivity (Wildman–Crippen MR) is 74.8 cm³/mol. The summed E-state index contributed by atoms with van der Waals surface area (Å²) in [6, 6.07) is 8.82. The number of methoxy groups -OCH3 is 1. The summed E-state index contributed by atoms with van der Waals surface area (Å²) in [7, 11) is 1.59. The summed E-state index contributed by atoms with van der Waals surface area (Å²) in [6.45, 7) is 4.11. The fourth-order valence-electron chi connectivity index (χ4n) is 2.67. The lowest BCUT2D eigenvalue weighted by Crippen LogP contribution is -2.44. The summed E-state index contributed by atoms with van der Waals surface area (Å²) in [5, 5.41) is 9.11. The second-order valence-electron chi connectivity index (χ2n) is 5.25. The maximum atomic E-state index is 9.11. The quantitative estimate of drug-likeness (QED) is 0.900. The van der Waals surface area contributed by atoms with Gasteiger partial charge in [0.2, 0.25) is 0 Å². The molecule has 0 amide bonds. The van der Waals surface area contributed by atoms with Gasteiger partial charge in [-0.25, -0.2) is 0 Å². The number of nitrogens with zero attached hydrogens (tertiary/aromatic N) is 2. The Balaban J connectivity index is 2.09. The average molecular weight is 259 g/mol. The van der Waals surface area contributed by atoms with Crippen LogP contribution in [0.2, 0.25) is 0 Å². The summed E-state index contributed by atoms with van der Waals surface area (Å²) in [5.41, 5.74) is 7.73. The average Bonchev–Trinajstić information content (AvgIpc) is 2.41. The molecule has 19 heavy (non-hydrogen) atoms. The van der Waals surface area contributed by atoms with Crippen LogP contribution in [-0.2, 0) is 6.54 Å². The number of nitriles is 1. The van der Waals surface area contributed by atoms with Gasteiger partial charge in [-0.2, -0.15) is 5.26 Å². The number of hydrogen-bond acceptors (Lipinski definition) is 4. The van der Waals surface area contributed by atoms with Crippen LogP contribution in [0.4, 0.5) is 0 Å². The van der Waals surface area contributed by atoms with E-state index in [9.17, 15) is 0 Å². The van der Waals surface area contributed by atoms with Crippen molar-refractivity contribution in [2.24, 2.45) is 5.73 Å². The van der Waals surface area contributed by atoms with Gasteiger partial charge in [0.25, 0.3) is 0 Å². The van der Waals surface area contributed by atoms with E-state index in [0.717, 1.165) is 31.5 Å². The molecule has 0 spiro atoms. The highest BCUT2D eigenvalue weighted by atomic mass is 16.5. The van der Waals surface area contributed by atoms with Crippen LogP contribution in [0.3, 0.4) is 0 Å². The third-order valence-electron chi connectivity index (χ3n) is 3.82. The van der Waals surface area contributed by atoms with E-state index in [-0.39, 0.29) is 0 Å². The first-order valence-electron chi connectivity index (χ1n) is 6.70. The SMILES string of the molecule is COc1ccc(CN2CCC(N)CC2C)cc1C#N. The van der Waals surface area contributed by atoms with E-state index in [4.69, 9.17) is 15.7 Å². The van der Waals surface area contributed by atoms with Crippen molar-refractivity contribution in [2.75, 3.05) is 13.7 Å². The van der Waals surface area contributed by atoms with Crippen LogP contribution >= 0.6 is 0 Å². The summed E-state index contributed by atoms with van der Waals surface area (Å²) >= 11 is 0. The number of likely N-dealkylation sites (tertiary alicyclic amines) is 1. The molecule has 2 rings (SSSR count). The minimum absolute atomic E-state index is 0.330. The molecule has 0 saturated carbocycles. The fraction of sp³-hybridized carbons (Fsp3) is 0.533. The zero-order valence-electron chi connectivity index (χ0n) is 11.6. The lowest BCUT2D eigenvalue weighted by Gasteiger charge is -2.36. The van der Waals surface area contributed by atoms with Crippen LogP contribution in [0.5, 0.6) is 5.75 Å². The van der Waals surface area contributed by atoms with Gasteiger partial charge in [0, 0.05) is 25.2 Å². The van der Waals surface area contributed by atoms with E-state index in [1.54, 1.807) is 7.11 Å². The van der Waals surface area contributed by atoms with Gasteiger partial charge < -0.3 is 10.5 Å². The lowest BCUT2D eigenvalue weighted by molar-refractivity contribution is 0.140. The van der Waals surface area contributed by atoms with Gasteiger partial charge in [-0.3, -0.25) is 4.90 Å². The number of piperidine rings is 1. The van der Waals surface area contributed by atoms with Gasteiger partial charge in [0.15, 0.2) is 0 Å². The highest BCUT2D eigenvalue weighted by molar-refractivity contribution is 5.45. The summed E-state index contributed by atoms with van der Waals surface area (Å²) in [5.74, 6) is 0.639. The van der Waals surface area contributed by atoms with E-state index in [0.29, 0.717) is 23.4 Å². The molecule has 1 fully saturated rings. The first kappa shape index (κ1) is 13.9. The third-order valence-corrected chi connectivity index (χ3v) is 3.82. The number of hydrogen-bond donors (Lipinski definition) is 1. The molecule has 1 aliphatic rings. The number of benzene rings is 1. The number of ether oxygens (including phenoxy) is 1. The molecule has 1 heterocycles. The molecule has 2 N–H and O–H groups in total. The van der Waals surface area contributed by atoms with Gasteiger partial charge in [0.05, 0.1) is 12.7 Å². The Kier molecular flexibility index (Phi) is 4.41. The van der Waals surface area contributed by atoms with Crippen molar-refractivity contribution in [3.8, 4) is 11.8 Å². The molecule has 0 aliphatic carbocycles. The van der Waals surface area contributed by atoms with Crippen molar-refractivity contribution >= 4 is 0 Å². The standard InChI is InChI=1S/C15H21N3O/c1-11-7-14(17)5-6-18(11)10-12-3-4-15(19-2)13(8-12)9-16/h3-4,8,11,14H,5-7,10,17H2,1-2H3. The molecule has 4 nitrogen and oxygen atoms in total. The monoisotopic (exact) mass is 259 g/mol. The molecule has 2 atom stereocenters. The Hall–Kier alpha value is -1.57. The largest absolute Gasteiger partial charge is 0.495 e. The minimum atomic E-state index is 0.330. The molecular formula is C15H21N3O. The van der Waals surface area contributed by atoms with E-state index in [1.807, 2.05) is 18.2 Å². The molecule has 0 aromatic heterocycles. The molecule has 1 aromatic carbocycles. The van der Waals surface area contributed by atoms with Crippen LogP contribution in [0.1, 0.15) is 30.9 Å². The molecule has 102 valence electrons. The van der Waals surface area contributed by atoms with Crippen molar-refractivity contribution in [1.29, 1.82) is 5.26 Å². The number of rotatable bonds is 3. The Morgan fingerprint density at radius 1 is 1.53 bits per heavy atom. The highest BCUT2D eigenvalue weighted by Gasteiger charge is 2.23. The molecule has 2 unspecified atom stereocenters. The molecule has 1 saturated heterocycles. The maximum absolute atomic E-state index is 9.11. The van der Waals surface area contributed by atoms with Crippen molar-refractivity contribution in [3.05, 3.63) is 29.3 Å². The molecule has 4 heteroatoms. The van der Waals surface area contributed by atoms with Gasteiger partial charge in [-0.05, 0) is 37.5 Å². The van der Waals surface area contributed by atoms with Crippen LogP contribution in [0.25, 0.3) is 0 Å². The van der Waals surface area contributed by atoms with Gasteiger partial charge >= 0.3 is 0 Å². The minimum Gasteiger partial charge on any atom is -0.495 e. The van der Waals surface area contributed by atoms with Crippen molar-refractivity contribution in [3.63, 3.8) is 0 Å². The first-order chi connectivity index (χ1) is 9.13. The Morgan fingerprint density at radius 2 is 2.32 bits per heavy atom. The van der Waals surface area contributed by atoms with Crippen LogP contribution in [-0.4, -0.2) is 30.6 Å². The van der Waals surface area contributed by atoms with E-state index >= 15 is 0 Å². The van der Waals surface area contributed by atoms with Crippen LogP contribution < -0.4 is 10.5 Å². The van der Waals surface area contributed by atoms with Gasteiger partial charge in [-0.15, -0.1) is 0 Å². The Bertz CT molecular complexity index is 481. The molecule has 1 aromatic rings. The van der Waals surface area contributed by atoms with Crippen LogP contribution in [0.15, 0.2) is 18.2 Å². The fourth-order valence-corrected chi connectivity index (χ4v) is 2.67. The Labute approximate surface area is 114 Å². The van der Waals surface area contributed by atoms with Crippen molar-refractivity contribution in [2.45, 2.75) is 38.4 Å². The second-order valence-corrected chi connectivity index (χ2v) is 5.25. The van der Waals surface area contributed by atoms with Gasteiger partial charge in [0.1, 0.15) is 11.8 Å². The summed E-state index contributed by atoms with van der Waals surface area (Å²) in [6.07, 6.45) is 2.09. The van der Waals surface area contributed by atoms with Crippen molar-refractivity contribution < 1.29 is 4.74 Å². The highest BCUT2D eigenvalue weighted by Crippen LogP contribution is 2.22. The zero-order valence-corrected chi connectivity index (χ0v) is 11.6. The molecule has 0 bridgehead atoms. The smallest absolute Gasteiger partial charge is 0.136 e. The second kappa shape index (κ2) is 6.05. The zero-order chi connectivity index (χ0) is 13.8.